The quantitative estimate of drug-likeness (QED) is 0.349. The number of nitrogens with zero attached hydrogens (tertiary/aromatic N) is 4. The zero-order valence-corrected chi connectivity index (χ0v) is 20.8. The predicted octanol–water partition coefficient (Wildman–Crippen LogP) is 2.00. The molecule has 0 unspecified atom stereocenters. The Morgan fingerprint density at radius 2 is 2.08 bits per heavy atom. The van der Waals surface area contributed by atoms with Crippen LogP contribution in [-0.2, 0) is 24.7 Å². The van der Waals surface area contributed by atoms with Crippen molar-refractivity contribution in [2.24, 2.45) is 10.9 Å². The van der Waals surface area contributed by atoms with Crippen LogP contribution in [-0.4, -0.2) is 74.9 Å². The molecule has 4 rings (SSSR count). The van der Waals surface area contributed by atoms with E-state index in [0.29, 0.717) is 42.2 Å². The molecule has 0 spiro atoms. The lowest BCUT2D eigenvalue weighted by molar-refractivity contribution is -0.151. The van der Waals surface area contributed by atoms with Gasteiger partial charge >= 0.3 is 5.97 Å². The number of anilines is 1. The van der Waals surface area contributed by atoms with Crippen molar-refractivity contribution in [1.82, 2.24) is 14.6 Å². The molecule has 0 bridgehead atoms. The van der Waals surface area contributed by atoms with Gasteiger partial charge in [-0.15, -0.1) is 0 Å². The van der Waals surface area contributed by atoms with Crippen molar-refractivity contribution in [3.05, 3.63) is 24.2 Å². The Bertz CT molecular complexity index is 1100. The van der Waals surface area contributed by atoms with Crippen LogP contribution in [0.2, 0.25) is 0 Å². The molecule has 0 radical (unpaired) electrons. The molecule has 0 aromatic carbocycles. The number of hydrogen-bond donors (Lipinski definition) is 3. The summed E-state index contributed by atoms with van der Waals surface area (Å²) < 4.78 is 13.1. The summed E-state index contributed by atoms with van der Waals surface area (Å²) in [6.45, 7) is 1.71. The van der Waals surface area contributed by atoms with Crippen LogP contribution in [0.4, 0.5) is 5.82 Å². The van der Waals surface area contributed by atoms with Crippen molar-refractivity contribution >= 4 is 29.4 Å². The number of aliphatic imine (C=N–C) groups is 1. The van der Waals surface area contributed by atoms with Crippen molar-refractivity contribution in [1.29, 1.82) is 0 Å². The third-order valence-corrected chi connectivity index (χ3v) is 6.99. The second-order valence-corrected chi connectivity index (χ2v) is 9.59. The first-order valence-corrected chi connectivity index (χ1v) is 12.7. The number of carbonyl (C=O) groups excluding carboxylic acids is 2. The van der Waals surface area contributed by atoms with Gasteiger partial charge in [0, 0.05) is 26.1 Å². The molecule has 2 aromatic heterocycles. The van der Waals surface area contributed by atoms with E-state index in [-0.39, 0.29) is 18.5 Å². The number of amides is 1. The molecule has 4 atom stereocenters. The van der Waals surface area contributed by atoms with Crippen molar-refractivity contribution < 1.29 is 29.3 Å². The van der Waals surface area contributed by atoms with Gasteiger partial charge in [0.05, 0.1) is 5.69 Å². The second-order valence-electron chi connectivity index (χ2n) is 9.59. The zero-order valence-electron chi connectivity index (χ0n) is 20.8. The van der Waals surface area contributed by atoms with Crippen LogP contribution in [0.3, 0.4) is 0 Å². The van der Waals surface area contributed by atoms with E-state index >= 15 is 0 Å². The molecule has 11 heteroatoms. The van der Waals surface area contributed by atoms with E-state index in [0.717, 1.165) is 25.7 Å². The summed E-state index contributed by atoms with van der Waals surface area (Å²) in [5, 5.41) is 29.0. The topological polar surface area (TPSA) is 148 Å². The lowest BCUT2D eigenvalue weighted by Gasteiger charge is -2.27. The number of hydrogen-bond acceptors (Lipinski definition) is 9. The molecule has 2 aliphatic rings. The van der Waals surface area contributed by atoms with E-state index in [4.69, 9.17) is 9.47 Å². The summed E-state index contributed by atoms with van der Waals surface area (Å²) in [4.78, 5) is 32.8. The van der Waals surface area contributed by atoms with Crippen LogP contribution in [0.15, 0.2) is 23.5 Å². The Hall–Kier alpha value is -2.89. The second kappa shape index (κ2) is 11.4. The highest BCUT2D eigenvalue weighted by molar-refractivity contribution is 5.93. The summed E-state index contributed by atoms with van der Waals surface area (Å²) in [6.07, 6.45) is 5.90. The summed E-state index contributed by atoms with van der Waals surface area (Å²) in [5.74, 6) is 0.145. The number of nitrogens with one attached hydrogen (secondary N) is 1. The molecule has 1 amide bonds. The normalized spacial score (nSPS) is 27.1. The summed E-state index contributed by atoms with van der Waals surface area (Å²) in [6, 6.07) is 3.37. The maximum Gasteiger partial charge on any atom is 0.306 e. The fourth-order valence-corrected chi connectivity index (χ4v) is 5.16. The van der Waals surface area contributed by atoms with E-state index < -0.39 is 23.9 Å². The number of ether oxygens (including phenoxy) is 2. The number of aliphatic hydroxyl groups excluding tert-OH is 2. The summed E-state index contributed by atoms with van der Waals surface area (Å²) >= 11 is 0. The number of aromatic nitrogens is 3. The van der Waals surface area contributed by atoms with E-state index in [1.165, 1.54) is 30.5 Å². The average Bonchev–Trinajstić information content (AvgIpc) is 3.40. The van der Waals surface area contributed by atoms with Gasteiger partial charge in [0.2, 0.25) is 5.91 Å². The number of fused-ring (bicyclic) bond motifs is 1. The molecular formula is C25H35N5O6. The van der Waals surface area contributed by atoms with Crippen LogP contribution >= 0.6 is 0 Å². The minimum atomic E-state index is -1.56. The smallest absolute Gasteiger partial charge is 0.306 e. The maximum absolute atomic E-state index is 12.4. The van der Waals surface area contributed by atoms with Gasteiger partial charge in [-0.2, -0.15) is 5.10 Å². The van der Waals surface area contributed by atoms with Gasteiger partial charge in [0.25, 0.3) is 0 Å². The van der Waals surface area contributed by atoms with Crippen LogP contribution in [0.1, 0.15) is 64.0 Å². The molecule has 3 heterocycles. The average molecular weight is 502 g/mol. The van der Waals surface area contributed by atoms with Crippen LogP contribution in [0.5, 0.6) is 0 Å². The Labute approximate surface area is 209 Å². The lowest BCUT2D eigenvalue weighted by atomic mass is 9.87. The highest BCUT2D eigenvalue weighted by Crippen LogP contribution is 2.40. The van der Waals surface area contributed by atoms with E-state index in [1.54, 1.807) is 12.1 Å². The molecule has 1 aliphatic heterocycles. The fraction of sp³-hybridized carbons (Fsp3) is 0.640. The molecule has 2 aromatic rings. The Kier molecular flexibility index (Phi) is 8.32. The van der Waals surface area contributed by atoms with Crippen molar-refractivity contribution in [3.63, 3.8) is 0 Å². The number of carbonyl (C=O) groups is 2. The largest absolute Gasteiger partial charge is 0.463 e. The monoisotopic (exact) mass is 501 g/mol. The summed E-state index contributed by atoms with van der Waals surface area (Å²) in [7, 11) is 1.53. The van der Waals surface area contributed by atoms with Crippen molar-refractivity contribution in [2.75, 3.05) is 19.0 Å². The molecule has 36 heavy (non-hydrogen) atoms. The Morgan fingerprint density at radius 3 is 2.81 bits per heavy atom. The van der Waals surface area contributed by atoms with Crippen molar-refractivity contribution in [3.8, 4) is 0 Å². The lowest BCUT2D eigenvalue weighted by Crippen LogP contribution is -2.43. The molecule has 11 nitrogen and oxygen atoms in total. The van der Waals surface area contributed by atoms with Crippen LogP contribution < -0.4 is 5.32 Å². The van der Waals surface area contributed by atoms with Gasteiger partial charge in [-0.3, -0.25) is 14.6 Å². The van der Waals surface area contributed by atoms with Gasteiger partial charge in [0.1, 0.15) is 36.8 Å². The van der Waals surface area contributed by atoms with E-state index in [2.05, 4.69) is 20.4 Å². The summed E-state index contributed by atoms with van der Waals surface area (Å²) in [5.41, 5.74) is -0.673. The molecule has 1 saturated heterocycles. The van der Waals surface area contributed by atoms with Crippen LogP contribution in [0, 0.1) is 5.92 Å². The molecule has 196 valence electrons. The number of aliphatic hydroxyl groups is 2. The first kappa shape index (κ1) is 26.2. The van der Waals surface area contributed by atoms with Gasteiger partial charge in [0.15, 0.2) is 11.4 Å². The molecule has 1 aliphatic carbocycles. The predicted molar refractivity (Wildman–Crippen MR) is 132 cm³/mol. The van der Waals surface area contributed by atoms with Crippen LogP contribution in [0.25, 0.3) is 5.52 Å². The maximum atomic E-state index is 12.4. The number of rotatable bonds is 9. The first-order chi connectivity index (χ1) is 17.4. The van der Waals surface area contributed by atoms with Gasteiger partial charge < -0.3 is 25.0 Å². The van der Waals surface area contributed by atoms with E-state index in [9.17, 15) is 19.8 Å². The van der Waals surface area contributed by atoms with Gasteiger partial charge in [-0.25, -0.2) is 9.50 Å². The Morgan fingerprint density at radius 1 is 1.31 bits per heavy atom. The Balaban J connectivity index is 1.54. The first-order valence-electron chi connectivity index (χ1n) is 12.7. The third-order valence-electron chi connectivity index (χ3n) is 6.99. The third kappa shape index (κ3) is 5.28. The van der Waals surface area contributed by atoms with Gasteiger partial charge in [-0.1, -0.05) is 26.2 Å². The molecule has 3 N–H and O–H groups in total. The SMILES string of the molecule is CCCC(=O)Nc1ncnn2c([C@]3(/C=N\C)O[C@H](COC(=O)CC4CCCCC4)[C@@H](O)[C@H]3O)ccc12. The zero-order chi connectivity index (χ0) is 25.7. The fourth-order valence-electron chi connectivity index (χ4n) is 5.16. The standard InChI is InChI=1S/C25H35N5O6/c1-3-7-20(31)29-24-17-10-11-19(30(17)28-15-27-24)25(14-26-2)23(34)22(33)18(36-25)13-35-21(32)12-16-8-5-4-6-9-16/h10-11,14-16,18,22-23,33-34H,3-9,12-13H2,1-2H3,(H,27,28,29,31)/b26-14-/t18-,22-,23-,25+/m1/s1. The van der Waals surface area contributed by atoms with Crippen molar-refractivity contribution in [2.45, 2.75) is 82.2 Å². The minimum absolute atomic E-state index is 0.173. The highest BCUT2D eigenvalue weighted by Gasteiger charge is 2.56. The molecule has 2 fully saturated rings. The minimum Gasteiger partial charge on any atom is -0.463 e. The van der Waals surface area contributed by atoms with Gasteiger partial charge in [-0.05, 0) is 37.3 Å². The molecular weight excluding hydrogens is 466 g/mol. The molecule has 1 saturated carbocycles. The highest BCUT2D eigenvalue weighted by atomic mass is 16.6. The number of esters is 1. The van der Waals surface area contributed by atoms with E-state index in [1.807, 2.05) is 6.92 Å².